The molecule has 3 aromatic rings. The topological polar surface area (TPSA) is 79.7 Å². The molecule has 2 heterocycles. The monoisotopic (exact) mass is 453 g/mol. The van der Waals surface area contributed by atoms with E-state index in [9.17, 15) is 14.4 Å². The summed E-state index contributed by atoms with van der Waals surface area (Å²) in [5.74, 6) is -1.51. The molecule has 1 aliphatic rings. The van der Waals surface area contributed by atoms with E-state index in [1.165, 1.54) is 5.01 Å². The van der Waals surface area contributed by atoms with Gasteiger partial charge in [-0.05, 0) is 61.7 Å². The van der Waals surface area contributed by atoms with E-state index in [0.717, 1.165) is 22.4 Å². The van der Waals surface area contributed by atoms with Crippen molar-refractivity contribution >= 4 is 28.9 Å². The number of nitrogens with zero attached hydrogens (tertiary/aromatic N) is 3. The summed E-state index contributed by atoms with van der Waals surface area (Å²) in [6, 6.07) is 16.6. The van der Waals surface area contributed by atoms with Gasteiger partial charge in [-0.1, -0.05) is 37.3 Å². The van der Waals surface area contributed by atoms with Crippen molar-refractivity contribution in [2.24, 2.45) is 11.0 Å². The zero-order chi connectivity index (χ0) is 24.4. The number of pyridine rings is 1. The molecule has 0 fully saturated rings. The zero-order valence-corrected chi connectivity index (χ0v) is 19.8. The van der Waals surface area contributed by atoms with Crippen molar-refractivity contribution in [3.63, 3.8) is 0 Å². The molecule has 0 aliphatic carbocycles. The number of rotatable bonds is 7. The predicted molar refractivity (Wildman–Crippen MR) is 133 cm³/mol. The van der Waals surface area contributed by atoms with Gasteiger partial charge < -0.3 is 0 Å². The fourth-order valence-electron chi connectivity index (χ4n) is 4.25. The molecule has 34 heavy (non-hydrogen) atoms. The molecule has 6 heteroatoms. The maximum Gasteiger partial charge on any atom is 0.263 e. The Morgan fingerprint density at radius 1 is 0.971 bits per heavy atom. The van der Waals surface area contributed by atoms with Gasteiger partial charge in [-0.2, -0.15) is 10.1 Å². The molecule has 1 aromatic heterocycles. The summed E-state index contributed by atoms with van der Waals surface area (Å²) >= 11 is 0. The average molecular weight is 454 g/mol. The van der Waals surface area contributed by atoms with Crippen molar-refractivity contribution in [2.75, 3.05) is 5.01 Å². The number of carbonyl (C=O) groups excluding carboxylic acids is 3. The number of Topliss-reactive ketones (excluding diaryl/α,β-unsaturated/α-hetero) is 2. The van der Waals surface area contributed by atoms with Crippen molar-refractivity contribution in [2.45, 2.75) is 40.5 Å². The van der Waals surface area contributed by atoms with Crippen molar-refractivity contribution in [1.29, 1.82) is 0 Å². The van der Waals surface area contributed by atoms with Crippen LogP contribution in [-0.2, 0) is 16.0 Å². The van der Waals surface area contributed by atoms with Gasteiger partial charge in [0.15, 0.2) is 11.6 Å². The predicted octanol–water partition coefficient (Wildman–Crippen LogP) is 5.11. The first kappa shape index (κ1) is 23.2. The van der Waals surface area contributed by atoms with Crippen LogP contribution in [-0.4, -0.2) is 28.2 Å². The number of benzene rings is 2. The molecule has 1 unspecified atom stereocenters. The van der Waals surface area contributed by atoms with Crippen LogP contribution in [0.1, 0.15) is 47.3 Å². The number of anilines is 1. The van der Waals surface area contributed by atoms with Crippen LogP contribution in [0, 0.1) is 19.8 Å². The fraction of sp³-hybridized carbons (Fsp3) is 0.250. The van der Waals surface area contributed by atoms with Gasteiger partial charge in [0.25, 0.3) is 5.91 Å². The van der Waals surface area contributed by atoms with Crippen LogP contribution in [0.4, 0.5) is 5.69 Å². The Morgan fingerprint density at radius 3 is 2.50 bits per heavy atom. The summed E-state index contributed by atoms with van der Waals surface area (Å²) in [5, 5.41) is 5.75. The molecule has 172 valence electrons. The van der Waals surface area contributed by atoms with Gasteiger partial charge in [-0.3, -0.25) is 19.4 Å². The number of hydrogen-bond donors (Lipinski definition) is 0. The first-order valence-corrected chi connectivity index (χ1v) is 11.4. The molecule has 0 spiro atoms. The molecular weight excluding hydrogens is 426 g/mol. The normalized spacial score (nSPS) is 15.4. The van der Waals surface area contributed by atoms with Crippen molar-refractivity contribution in [3.05, 3.63) is 83.0 Å². The summed E-state index contributed by atoms with van der Waals surface area (Å²) in [5.41, 5.74) is 6.19. The van der Waals surface area contributed by atoms with Gasteiger partial charge in [0, 0.05) is 30.2 Å². The van der Waals surface area contributed by atoms with Crippen LogP contribution in [0.5, 0.6) is 0 Å². The van der Waals surface area contributed by atoms with Gasteiger partial charge >= 0.3 is 0 Å². The van der Waals surface area contributed by atoms with E-state index in [1.807, 2.05) is 44.2 Å². The second kappa shape index (κ2) is 9.51. The lowest BCUT2D eigenvalue weighted by Crippen LogP contribution is -2.33. The SMILES string of the molecule is CCC(=O)c1cccc(CC(=O)C2C(=O)N(c3ccc(C)c(-c4ncccc4C)c3)N=C2C)c1. The fourth-order valence-corrected chi connectivity index (χ4v) is 4.25. The Bertz CT molecular complexity index is 1330. The number of aryl methyl sites for hydroxylation is 2. The van der Waals surface area contributed by atoms with Crippen molar-refractivity contribution < 1.29 is 14.4 Å². The molecule has 1 aliphatic heterocycles. The Kier molecular flexibility index (Phi) is 6.50. The van der Waals surface area contributed by atoms with Crippen LogP contribution in [0.25, 0.3) is 11.3 Å². The quantitative estimate of drug-likeness (QED) is 0.368. The molecule has 1 amide bonds. The van der Waals surface area contributed by atoms with Gasteiger partial charge in [-0.15, -0.1) is 0 Å². The molecule has 0 bridgehead atoms. The minimum atomic E-state index is -0.938. The van der Waals surface area contributed by atoms with E-state index in [4.69, 9.17) is 0 Å². The van der Waals surface area contributed by atoms with Gasteiger partial charge in [0.1, 0.15) is 5.92 Å². The largest absolute Gasteiger partial charge is 0.298 e. The lowest BCUT2D eigenvalue weighted by molar-refractivity contribution is -0.128. The first-order valence-electron chi connectivity index (χ1n) is 11.4. The van der Waals surface area contributed by atoms with Crippen LogP contribution >= 0.6 is 0 Å². The standard InChI is InChI=1S/C28H27N3O3/c1-5-24(32)21-10-6-9-20(14-21)15-25(33)26-19(4)30-31(28(26)34)22-12-11-17(2)23(16-22)27-18(3)8-7-13-29-27/h6-14,16,26H,5,15H2,1-4H3. The lowest BCUT2D eigenvalue weighted by Gasteiger charge is -2.17. The molecular formula is C28H27N3O3. The third-order valence-corrected chi connectivity index (χ3v) is 6.13. The van der Waals surface area contributed by atoms with Crippen LogP contribution < -0.4 is 5.01 Å². The van der Waals surface area contributed by atoms with E-state index in [2.05, 4.69) is 10.1 Å². The van der Waals surface area contributed by atoms with E-state index in [1.54, 1.807) is 44.3 Å². The first-order chi connectivity index (χ1) is 16.3. The van der Waals surface area contributed by atoms with E-state index < -0.39 is 5.92 Å². The van der Waals surface area contributed by atoms with Gasteiger partial charge in [0.2, 0.25) is 0 Å². The number of ketones is 2. The van der Waals surface area contributed by atoms with E-state index in [-0.39, 0.29) is 23.9 Å². The summed E-state index contributed by atoms with van der Waals surface area (Å²) in [6.07, 6.45) is 2.21. The van der Waals surface area contributed by atoms with E-state index >= 15 is 0 Å². The van der Waals surface area contributed by atoms with Crippen molar-refractivity contribution in [1.82, 2.24) is 4.98 Å². The minimum Gasteiger partial charge on any atom is -0.298 e. The molecule has 0 saturated carbocycles. The molecule has 0 radical (unpaired) electrons. The third-order valence-electron chi connectivity index (χ3n) is 6.13. The average Bonchev–Trinajstić information content (AvgIpc) is 3.13. The molecule has 6 nitrogen and oxygen atoms in total. The van der Waals surface area contributed by atoms with Crippen molar-refractivity contribution in [3.8, 4) is 11.3 Å². The van der Waals surface area contributed by atoms with Gasteiger partial charge in [-0.25, -0.2) is 0 Å². The molecule has 0 saturated heterocycles. The minimum absolute atomic E-state index is 0.0217. The highest BCUT2D eigenvalue weighted by Crippen LogP contribution is 2.32. The van der Waals surface area contributed by atoms with Gasteiger partial charge in [0.05, 0.1) is 17.1 Å². The molecule has 4 rings (SSSR count). The Balaban J connectivity index is 1.58. The Morgan fingerprint density at radius 2 is 1.76 bits per heavy atom. The smallest absolute Gasteiger partial charge is 0.263 e. The van der Waals surface area contributed by atoms with E-state index in [0.29, 0.717) is 28.9 Å². The third kappa shape index (κ3) is 4.44. The van der Waals surface area contributed by atoms with Crippen LogP contribution in [0.2, 0.25) is 0 Å². The molecule has 1 atom stereocenters. The number of hydrogen-bond acceptors (Lipinski definition) is 5. The summed E-state index contributed by atoms with van der Waals surface area (Å²) in [4.78, 5) is 42.9. The summed E-state index contributed by atoms with van der Waals surface area (Å²) < 4.78 is 0. The summed E-state index contributed by atoms with van der Waals surface area (Å²) in [7, 11) is 0. The Labute approximate surface area is 199 Å². The number of aromatic nitrogens is 1. The van der Waals surface area contributed by atoms with Crippen LogP contribution in [0.3, 0.4) is 0 Å². The number of amides is 1. The number of carbonyl (C=O) groups is 3. The number of hydrazone groups is 1. The highest BCUT2D eigenvalue weighted by molar-refractivity contribution is 6.27. The highest BCUT2D eigenvalue weighted by atomic mass is 16.2. The highest BCUT2D eigenvalue weighted by Gasteiger charge is 2.39. The maximum atomic E-state index is 13.3. The summed E-state index contributed by atoms with van der Waals surface area (Å²) in [6.45, 7) is 7.50. The molecule has 2 aromatic carbocycles. The Hall–Kier alpha value is -3.93. The molecule has 0 N–H and O–H groups in total. The second-order valence-corrected chi connectivity index (χ2v) is 8.61. The maximum absolute atomic E-state index is 13.3. The lowest BCUT2D eigenvalue weighted by atomic mass is 9.93. The van der Waals surface area contributed by atoms with Crippen LogP contribution in [0.15, 0.2) is 65.9 Å². The zero-order valence-electron chi connectivity index (χ0n) is 19.8. The second-order valence-electron chi connectivity index (χ2n) is 8.61.